The Bertz CT molecular complexity index is 828. The molecular formula is C20H23ClN4O2. The quantitative estimate of drug-likeness (QED) is 0.738. The summed E-state index contributed by atoms with van der Waals surface area (Å²) in [7, 11) is 1.75. The highest BCUT2D eigenvalue weighted by atomic mass is 35.5. The molecule has 0 radical (unpaired) electrons. The Morgan fingerprint density at radius 3 is 2.63 bits per heavy atom. The Hall–Kier alpha value is -2.41. The molecule has 2 aromatic carbocycles. The number of likely N-dealkylation sites (N-methyl/N-ethyl adjacent to an activating group) is 1. The van der Waals surface area contributed by atoms with Crippen LogP contribution in [0.4, 0.5) is 5.69 Å². The molecule has 2 aromatic rings. The van der Waals surface area contributed by atoms with Crippen LogP contribution in [0.3, 0.4) is 0 Å². The first kappa shape index (κ1) is 19.4. The fourth-order valence-corrected chi connectivity index (χ4v) is 3.43. The molecule has 7 heteroatoms. The Morgan fingerprint density at radius 2 is 1.93 bits per heavy atom. The predicted molar refractivity (Wildman–Crippen MR) is 107 cm³/mol. The molecule has 27 heavy (non-hydrogen) atoms. The Balaban J connectivity index is 1.64. The van der Waals surface area contributed by atoms with Crippen LogP contribution < -0.4 is 16.2 Å². The van der Waals surface area contributed by atoms with Crippen LogP contribution in [0.1, 0.15) is 35.3 Å². The van der Waals surface area contributed by atoms with Gasteiger partial charge in [0.2, 0.25) is 5.91 Å². The van der Waals surface area contributed by atoms with E-state index in [4.69, 9.17) is 11.6 Å². The molecule has 2 atom stereocenters. The zero-order valence-electron chi connectivity index (χ0n) is 15.3. The Morgan fingerprint density at radius 1 is 1.19 bits per heavy atom. The third kappa shape index (κ3) is 4.86. The summed E-state index contributed by atoms with van der Waals surface area (Å²) in [4.78, 5) is 25.7. The molecule has 0 aromatic heterocycles. The van der Waals surface area contributed by atoms with E-state index >= 15 is 0 Å². The number of hydrogen-bond donors (Lipinski definition) is 3. The van der Waals surface area contributed by atoms with Gasteiger partial charge >= 0.3 is 0 Å². The molecule has 0 bridgehead atoms. The summed E-state index contributed by atoms with van der Waals surface area (Å²) in [5, 5.41) is 3.03. The van der Waals surface area contributed by atoms with E-state index < -0.39 is 0 Å². The van der Waals surface area contributed by atoms with Crippen LogP contribution in [-0.2, 0) is 4.79 Å². The summed E-state index contributed by atoms with van der Waals surface area (Å²) in [6.45, 7) is 1.96. The third-order valence-corrected chi connectivity index (χ3v) is 4.87. The van der Waals surface area contributed by atoms with Crippen molar-refractivity contribution in [3.05, 3.63) is 64.7 Å². The molecule has 1 aliphatic heterocycles. The number of rotatable bonds is 5. The van der Waals surface area contributed by atoms with Crippen molar-refractivity contribution in [2.24, 2.45) is 0 Å². The molecule has 142 valence electrons. The van der Waals surface area contributed by atoms with Crippen molar-refractivity contribution in [2.45, 2.75) is 25.4 Å². The molecule has 0 aliphatic carbocycles. The fourth-order valence-electron chi connectivity index (χ4n) is 3.24. The van der Waals surface area contributed by atoms with E-state index in [1.54, 1.807) is 30.1 Å². The zero-order chi connectivity index (χ0) is 19.4. The standard InChI is InChI=1S/C20H23ClN4O2/c1-13(26)22-15-8-9-18(21)17(10-15)20(27)25(2)12-16-11-19(24-23-16)14-6-4-3-5-7-14/h3-10,16,19,23-24H,11-12H2,1-2H3,(H,22,26). The molecule has 1 saturated heterocycles. The van der Waals surface area contributed by atoms with Gasteiger partial charge in [0.1, 0.15) is 0 Å². The van der Waals surface area contributed by atoms with Gasteiger partial charge in [0.25, 0.3) is 5.91 Å². The first-order valence-corrected chi connectivity index (χ1v) is 9.20. The van der Waals surface area contributed by atoms with Crippen molar-refractivity contribution < 1.29 is 9.59 Å². The van der Waals surface area contributed by atoms with Crippen molar-refractivity contribution in [2.75, 3.05) is 18.9 Å². The van der Waals surface area contributed by atoms with Gasteiger partial charge in [0.15, 0.2) is 0 Å². The minimum absolute atomic E-state index is 0.126. The van der Waals surface area contributed by atoms with Gasteiger partial charge in [-0.25, -0.2) is 5.43 Å². The van der Waals surface area contributed by atoms with Crippen LogP contribution in [-0.4, -0.2) is 36.3 Å². The van der Waals surface area contributed by atoms with Crippen LogP contribution in [0.2, 0.25) is 5.02 Å². The van der Waals surface area contributed by atoms with Gasteiger partial charge in [-0.1, -0.05) is 41.9 Å². The van der Waals surface area contributed by atoms with Crippen molar-refractivity contribution in [3.63, 3.8) is 0 Å². The maximum Gasteiger partial charge on any atom is 0.255 e. The van der Waals surface area contributed by atoms with Gasteiger partial charge in [-0.05, 0) is 30.2 Å². The smallest absolute Gasteiger partial charge is 0.255 e. The first-order chi connectivity index (χ1) is 12.9. The number of anilines is 1. The van der Waals surface area contributed by atoms with Gasteiger partial charge in [-0.3, -0.25) is 15.0 Å². The van der Waals surface area contributed by atoms with Gasteiger partial charge in [-0.2, -0.15) is 0 Å². The van der Waals surface area contributed by atoms with E-state index in [-0.39, 0.29) is 23.9 Å². The SMILES string of the molecule is CC(=O)Nc1ccc(Cl)c(C(=O)N(C)CC2CC(c3ccccc3)NN2)c1. The van der Waals surface area contributed by atoms with E-state index in [1.807, 2.05) is 18.2 Å². The highest BCUT2D eigenvalue weighted by Gasteiger charge is 2.27. The number of halogens is 1. The van der Waals surface area contributed by atoms with E-state index in [0.29, 0.717) is 22.8 Å². The van der Waals surface area contributed by atoms with Gasteiger partial charge in [0, 0.05) is 38.3 Å². The molecule has 0 saturated carbocycles. The largest absolute Gasteiger partial charge is 0.340 e. The van der Waals surface area contributed by atoms with Gasteiger partial charge < -0.3 is 10.2 Å². The summed E-state index contributed by atoms with van der Waals surface area (Å²) >= 11 is 6.20. The minimum Gasteiger partial charge on any atom is -0.340 e. The number of amides is 2. The second-order valence-corrected chi connectivity index (χ2v) is 7.15. The van der Waals surface area contributed by atoms with E-state index in [2.05, 4.69) is 28.3 Å². The van der Waals surface area contributed by atoms with Crippen LogP contribution in [0.15, 0.2) is 48.5 Å². The second kappa shape index (κ2) is 8.52. The lowest BCUT2D eigenvalue weighted by Crippen LogP contribution is -2.41. The van der Waals surface area contributed by atoms with Crippen LogP contribution in [0.25, 0.3) is 0 Å². The summed E-state index contributed by atoms with van der Waals surface area (Å²) in [5.74, 6) is -0.380. The summed E-state index contributed by atoms with van der Waals surface area (Å²) in [6, 6.07) is 15.4. The predicted octanol–water partition coefficient (Wildman–Crippen LogP) is 2.98. The number of hydrazine groups is 1. The molecule has 6 nitrogen and oxygen atoms in total. The third-order valence-electron chi connectivity index (χ3n) is 4.54. The number of hydrogen-bond acceptors (Lipinski definition) is 4. The average Bonchev–Trinajstić information content (AvgIpc) is 3.11. The fraction of sp³-hybridized carbons (Fsp3) is 0.300. The number of nitrogens with zero attached hydrogens (tertiary/aromatic N) is 1. The Kier molecular flexibility index (Phi) is 6.11. The normalized spacial score (nSPS) is 18.9. The molecule has 3 N–H and O–H groups in total. The molecule has 2 unspecified atom stereocenters. The lowest BCUT2D eigenvalue weighted by atomic mass is 10.0. The van der Waals surface area contributed by atoms with Crippen LogP contribution >= 0.6 is 11.6 Å². The lowest BCUT2D eigenvalue weighted by Gasteiger charge is -2.22. The molecule has 0 spiro atoms. The zero-order valence-corrected chi connectivity index (χ0v) is 16.1. The highest BCUT2D eigenvalue weighted by molar-refractivity contribution is 6.34. The molecule has 1 heterocycles. The van der Waals surface area contributed by atoms with Gasteiger partial charge in [-0.15, -0.1) is 0 Å². The maximum absolute atomic E-state index is 12.8. The second-order valence-electron chi connectivity index (χ2n) is 6.75. The summed E-state index contributed by atoms with van der Waals surface area (Å²) in [6.07, 6.45) is 0.876. The molecule has 1 aliphatic rings. The van der Waals surface area contributed by atoms with Crippen LogP contribution in [0, 0.1) is 0 Å². The first-order valence-electron chi connectivity index (χ1n) is 8.82. The molecule has 1 fully saturated rings. The van der Waals surface area contributed by atoms with Crippen LogP contribution in [0.5, 0.6) is 0 Å². The van der Waals surface area contributed by atoms with E-state index in [9.17, 15) is 9.59 Å². The average molecular weight is 387 g/mol. The topological polar surface area (TPSA) is 73.5 Å². The van der Waals surface area contributed by atoms with Gasteiger partial charge in [0.05, 0.1) is 10.6 Å². The van der Waals surface area contributed by atoms with Crippen molar-refractivity contribution >= 4 is 29.1 Å². The highest BCUT2D eigenvalue weighted by Crippen LogP contribution is 2.24. The molecule has 3 rings (SSSR count). The number of benzene rings is 2. The number of nitrogens with one attached hydrogen (secondary N) is 3. The number of carbonyl (C=O) groups is 2. The lowest BCUT2D eigenvalue weighted by molar-refractivity contribution is -0.114. The van der Waals surface area contributed by atoms with Crippen molar-refractivity contribution in [1.82, 2.24) is 15.8 Å². The monoisotopic (exact) mass is 386 g/mol. The van der Waals surface area contributed by atoms with Crippen molar-refractivity contribution in [3.8, 4) is 0 Å². The maximum atomic E-state index is 12.8. The molecule has 2 amide bonds. The summed E-state index contributed by atoms with van der Waals surface area (Å²) < 4.78 is 0. The van der Waals surface area contributed by atoms with E-state index in [1.165, 1.54) is 12.5 Å². The Labute approximate surface area is 163 Å². The minimum atomic E-state index is -0.197. The van der Waals surface area contributed by atoms with Crippen molar-refractivity contribution in [1.29, 1.82) is 0 Å². The number of carbonyl (C=O) groups excluding carboxylic acids is 2. The van der Waals surface area contributed by atoms with E-state index in [0.717, 1.165) is 6.42 Å². The summed E-state index contributed by atoms with van der Waals surface area (Å²) in [5.41, 5.74) is 8.68. The molecular weight excluding hydrogens is 364 g/mol.